The highest BCUT2D eigenvalue weighted by Gasteiger charge is 2.13. The summed E-state index contributed by atoms with van der Waals surface area (Å²) in [4.78, 5) is 4.00. The molecule has 0 atom stereocenters. The van der Waals surface area contributed by atoms with Crippen molar-refractivity contribution in [3.63, 3.8) is 0 Å². The van der Waals surface area contributed by atoms with E-state index in [2.05, 4.69) is 4.98 Å². The lowest BCUT2D eigenvalue weighted by Gasteiger charge is -1.93. The van der Waals surface area contributed by atoms with Crippen LogP contribution in [0.25, 0.3) is 10.1 Å². The van der Waals surface area contributed by atoms with Gasteiger partial charge in [-0.15, -0.1) is 23.7 Å². The third-order valence-corrected chi connectivity index (χ3v) is 3.71. The summed E-state index contributed by atoms with van der Waals surface area (Å²) < 4.78 is 23.0. The molecule has 0 aliphatic carbocycles. The number of aromatic nitrogens is 1. The number of rotatable bonds is 1. The molecule has 0 aromatic carbocycles. The molecule has 0 aliphatic rings. The van der Waals surface area contributed by atoms with Crippen LogP contribution in [0.1, 0.15) is 0 Å². The van der Waals surface area contributed by atoms with Crippen LogP contribution < -0.4 is 5.14 Å². The molecule has 0 fully saturated rings. The average Bonchev–Trinajstić information content (AvgIpc) is 2.45. The van der Waals surface area contributed by atoms with E-state index in [4.69, 9.17) is 5.14 Å². The standard InChI is InChI=1S/C7H6N2O2S2.ClH/c8-13(10,11)7-4-12-6-1-2-9-3-5(6)7;/h1-4H,(H2,8,10,11);1H. The summed E-state index contributed by atoms with van der Waals surface area (Å²) in [6.45, 7) is 0. The number of fused-ring (bicyclic) bond motifs is 1. The van der Waals surface area contributed by atoms with Gasteiger partial charge in [-0.1, -0.05) is 0 Å². The number of primary sulfonamides is 1. The molecule has 2 heterocycles. The van der Waals surface area contributed by atoms with Crippen LogP contribution in [0.15, 0.2) is 28.7 Å². The fraction of sp³-hybridized carbons (Fsp3) is 0. The van der Waals surface area contributed by atoms with Crippen LogP contribution in [-0.4, -0.2) is 13.4 Å². The smallest absolute Gasteiger partial charge is 0.239 e. The molecule has 2 aromatic rings. The number of thiophene rings is 1. The van der Waals surface area contributed by atoms with E-state index in [1.165, 1.54) is 22.9 Å². The van der Waals surface area contributed by atoms with E-state index in [1.54, 1.807) is 12.3 Å². The van der Waals surface area contributed by atoms with Gasteiger partial charge < -0.3 is 0 Å². The van der Waals surface area contributed by atoms with Gasteiger partial charge in [-0.3, -0.25) is 4.98 Å². The number of nitrogens with two attached hydrogens (primary N) is 1. The fourth-order valence-corrected chi connectivity index (χ4v) is 3.07. The SMILES string of the molecule is Cl.NS(=O)(=O)c1csc2ccncc12. The van der Waals surface area contributed by atoms with Crippen molar-refractivity contribution >= 4 is 43.9 Å². The van der Waals surface area contributed by atoms with Gasteiger partial charge in [0.05, 0.1) is 0 Å². The van der Waals surface area contributed by atoms with Crippen molar-refractivity contribution in [2.75, 3.05) is 0 Å². The summed E-state index contributed by atoms with van der Waals surface area (Å²) >= 11 is 1.34. The lowest BCUT2D eigenvalue weighted by Crippen LogP contribution is -2.11. The van der Waals surface area contributed by atoms with Gasteiger partial charge in [-0.2, -0.15) is 0 Å². The topological polar surface area (TPSA) is 73.1 Å². The second kappa shape index (κ2) is 3.82. The Bertz CT molecular complexity index is 550. The van der Waals surface area contributed by atoms with Crippen LogP contribution in [-0.2, 0) is 10.0 Å². The zero-order valence-corrected chi connectivity index (χ0v) is 9.32. The largest absolute Gasteiger partial charge is 0.264 e. The van der Waals surface area contributed by atoms with E-state index in [-0.39, 0.29) is 17.3 Å². The van der Waals surface area contributed by atoms with Crippen molar-refractivity contribution < 1.29 is 8.42 Å². The number of sulfonamides is 1. The minimum atomic E-state index is -3.62. The Morgan fingerprint density at radius 2 is 2.14 bits per heavy atom. The van der Waals surface area contributed by atoms with E-state index >= 15 is 0 Å². The third-order valence-electron chi connectivity index (χ3n) is 1.65. The number of pyridine rings is 1. The first kappa shape index (κ1) is 11.4. The first-order chi connectivity index (χ1) is 6.09. The number of nitrogens with zero attached hydrogens (tertiary/aromatic N) is 1. The zero-order chi connectivity index (χ0) is 9.47. The summed E-state index contributed by atoms with van der Waals surface area (Å²) in [5.41, 5.74) is 0. The maximum absolute atomic E-state index is 11.1. The van der Waals surface area contributed by atoms with Crippen LogP contribution in [0, 0.1) is 0 Å². The molecule has 0 radical (unpaired) electrons. The van der Waals surface area contributed by atoms with E-state index in [1.807, 2.05) is 0 Å². The average molecular weight is 251 g/mol. The number of hydrogen-bond acceptors (Lipinski definition) is 4. The molecule has 2 rings (SSSR count). The Morgan fingerprint density at radius 3 is 2.79 bits per heavy atom. The van der Waals surface area contributed by atoms with E-state index in [0.717, 1.165) is 4.70 Å². The first-order valence-corrected chi connectivity index (χ1v) is 5.85. The van der Waals surface area contributed by atoms with Gasteiger partial charge in [-0.25, -0.2) is 13.6 Å². The molecule has 0 spiro atoms. The zero-order valence-electron chi connectivity index (χ0n) is 6.88. The lowest BCUT2D eigenvalue weighted by molar-refractivity contribution is 0.599. The van der Waals surface area contributed by atoms with E-state index < -0.39 is 10.0 Å². The van der Waals surface area contributed by atoms with Crippen LogP contribution in [0.4, 0.5) is 0 Å². The Labute approximate surface area is 91.2 Å². The van der Waals surface area contributed by atoms with Crippen LogP contribution in [0.5, 0.6) is 0 Å². The van der Waals surface area contributed by atoms with Crippen molar-refractivity contribution in [2.24, 2.45) is 5.14 Å². The Hall–Kier alpha value is -0.690. The molecule has 0 unspecified atom stereocenters. The van der Waals surface area contributed by atoms with E-state index in [9.17, 15) is 8.42 Å². The van der Waals surface area contributed by atoms with Crippen LogP contribution in [0.2, 0.25) is 0 Å². The van der Waals surface area contributed by atoms with Gasteiger partial charge >= 0.3 is 0 Å². The number of halogens is 1. The predicted octanol–water partition coefficient (Wildman–Crippen LogP) is 1.37. The van der Waals surface area contributed by atoms with Crippen LogP contribution >= 0.6 is 23.7 Å². The van der Waals surface area contributed by atoms with E-state index in [0.29, 0.717) is 5.39 Å². The molecule has 0 saturated heterocycles. The van der Waals surface area contributed by atoms with Crippen molar-refractivity contribution in [1.82, 2.24) is 4.98 Å². The predicted molar refractivity (Wildman–Crippen MR) is 58.2 cm³/mol. The molecule has 0 aliphatic heterocycles. The van der Waals surface area contributed by atoms with Crippen molar-refractivity contribution in [1.29, 1.82) is 0 Å². The second-order valence-electron chi connectivity index (χ2n) is 2.52. The minimum Gasteiger partial charge on any atom is -0.264 e. The minimum absolute atomic E-state index is 0. The van der Waals surface area contributed by atoms with Gasteiger partial charge in [0.25, 0.3) is 0 Å². The molecule has 0 saturated carbocycles. The normalized spacial score (nSPS) is 11.2. The maximum Gasteiger partial charge on any atom is 0.239 e. The molecule has 0 bridgehead atoms. The maximum atomic E-state index is 11.1. The Balaban J connectivity index is 0.000000980. The molecule has 14 heavy (non-hydrogen) atoms. The van der Waals surface area contributed by atoms with Crippen molar-refractivity contribution in [3.8, 4) is 0 Å². The molecule has 2 aromatic heterocycles. The summed E-state index contributed by atoms with van der Waals surface area (Å²) in [5.74, 6) is 0. The molecule has 4 nitrogen and oxygen atoms in total. The van der Waals surface area contributed by atoms with Gasteiger partial charge in [0.15, 0.2) is 0 Å². The summed E-state index contributed by atoms with van der Waals surface area (Å²) in [5, 5.41) is 7.14. The van der Waals surface area contributed by atoms with Gasteiger partial charge in [-0.05, 0) is 6.07 Å². The summed E-state index contributed by atoms with van der Waals surface area (Å²) in [7, 11) is -3.62. The van der Waals surface area contributed by atoms with Crippen LogP contribution in [0.3, 0.4) is 0 Å². The van der Waals surface area contributed by atoms with Crippen molar-refractivity contribution in [2.45, 2.75) is 4.90 Å². The fourth-order valence-electron chi connectivity index (χ4n) is 1.07. The monoisotopic (exact) mass is 250 g/mol. The van der Waals surface area contributed by atoms with Gasteiger partial charge in [0.2, 0.25) is 10.0 Å². The number of hydrogen-bond donors (Lipinski definition) is 1. The molecular weight excluding hydrogens is 244 g/mol. The molecule has 7 heteroatoms. The highest BCUT2D eigenvalue weighted by Crippen LogP contribution is 2.27. The molecule has 0 amide bonds. The molecular formula is C7H7ClN2O2S2. The first-order valence-electron chi connectivity index (χ1n) is 3.43. The third kappa shape index (κ3) is 1.88. The summed E-state index contributed by atoms with van der Waals surface area (Å²) in [6, 6.07) is 1.76. The highest BCUT2D eigenvalue weighted by molar-refractivity contribution is 7.89. The second-order valence-corrected chi connectivity index (χ2v) is 4.96. The highest BCUT2D eigenvalue weighted by atomic mass is 35.5. The molecule has 76 valence electrons. The van der Waals surface area contributed by atoms with Gasteiger partial charge in [0.1, 0.15) is 4.90 Å². The lowest BCUT2D eigenvalue weighted by atomic mass is 10.3. The summed E-state index contributed by atoms with van der Waals surface area (Å²) in [6.07, 6.45) is 3.12. The molecule has 2 N–H and O–H groups in total. The van der Waals surface area contributed by atoms with Crippen molar-refractivity contribution in [3.05, 3.63) is 23.8 Å². The quantitative estimate of drug-likeness (QED) is 0.831. The van der Waals surface area contributed by atoms with Gasteiger partial charge in [0, 0.05) is 27.9 Å². The Kier molecular flexibility index (Phi) is 3.10. The Morgan fingerprint density at radius 1 is 1.43 bits per heavy atom.